The molecule has 1 unspecified atom stereocenters. The predicted molar refractivity (Wildman–Crippen MR) is 112 cm³/mol. The summed E-state index contributed by atoms with van der Waals surface area (Å²) in [6.07, 6.45) is 0.584. The number of nitrogens with one attached hydrogen (secondary N) is 1. The minimum Gasteiger partial charge on any atom is -0.489 e. The SMILES string of the molecule is Cc1oc(C(=O)NCC(O)COc2cccc(Cl)c2Cl)cc1S(=O)(=O)N1CCCC1. The number of carbonyl (C=O) groups excluding carboxylic acids is 1. The molecule has 0 saturated carbocycles. The van der Waals surface area contributed by atoms with Crippen molar-refractivity contribution >= 4 is 39.1 Å². The molecule has 1 atom stereocenters. The van der Waals surface area contributed by atoms with Crippen molar-refractivity contribution in [3.63, 3.8) is 0 Å². The number of ether oxygens (including phenoxy) is 1. The van der Waals surface area contributed by atoms with Crippen LogP contribution in [0.4, 0.5) is 0 Å². The molecule has 2 N–H and O–H groups in total. The maximum Gasteiger partial charge on any atom is 0.287 e. The maximum absolute atomic E-state index is 12.7. The van der Waals surface area contributed by atoms with E-state index in [2.05, 4.69) is 5.32 Å². The molecule has 0 spiro atoms. The zero-order valence-electron chi connectivity index (χ0n) is 16.2. The van der Waals surface area contributed by atoms with E-state index in [9.17, 15) is 18.3 Å². The van der Waals surface area contributed by atoms with Crippen LogP contribution < -0.4 is 10.1 Å². The minimum atomic E-state index is -3.69. The van der Waals surface area contributed by atoms with Crippen LogP contribution in [0.5, 0.6) is 5.75 Å². The first-order valence-corrected chi connectivity index (χ1v) is 11.5. The van der Waals surface area contributed by atoms with Gasteiger partial charge in [-0.15, -0.1) is 0 Å². The van der Waals surface area contributed by atoms with Crippen LogP contribution in [0, 0.1) is 6.92 Å². The third-order valence-corrected chi connectivity index (χ3v) is 7.43. The van der Waals surface area contributed by atoms with Crippen LogP contribution in [0.1, 0.15) is 29.2 Å². The van der Waals surface area contributed by atoms with Gasteiger partial charge in [0.25, 0.3) is 5.91 Å². The van der Waals surface area contributed by atoms with E-state index >= 15 is 0 Å². The molecule has 0 aliphatic carbocycles. The Hall–Kier alpha value is -1.78. The van der Waals surface area contributed by atoms with Crippen LogP contribution in [0.15, 0.2) is 33.6 Å². The van der Waals surface area contributed by atoms with E-state index in [-0.39, 0.29) is 34.6 Å². The number of aryl methyl sites for hydroxylation is 1. The van der Waals surface area contributed by atoms with Gasteiger partial charge in [-0.3, -0.25) is 4.79 Å². The van der Waals surface area contributed by atoms with Crippen LogP contribution in [0.2, 0.25) is 10.0 Å². The smallest absolute Gasteiger partial charge is 0.287 e. The highest BCUT2D eigenvalue weighted by Crippen LogP contribution is 2.31. The van der Waals surface area contributed by atoms with Gasteiger partial charge < -0.3 is 19.6 Å². The van der Waals surface area contributed by atoms with Crippen molar-refractivity contribution in [2.75, 3.05) is 26.2 Å². The zero-order chi connectivity index (χ0) is 21.9. The second-order valence-corrected chi connectivity index (χ2v) is 9.56. The molecule has 1 amide bonds. The molecule has 2 heterocycles. The van der Waals surface area contributed by atoms with Gasteiger partial charge in [-0.05, 0) is 31.9 Å². The van der Waals surface area contributed by atoms with Gasteiger partial charge in [0.1, 0.15) is 34.1 Å². The van der Waals surface area contributed by atoms with E-state index in [4.69, 9.17) is 32.4 Å². The van der Waals surface area contributed by atoms with Gasteiger partial charge in [0.2, 0.25) is 10.0 Å². The highest BCUT2D eigenvalue weighted by Gasteiger charge is 2.31. The summed E-state index contributed by atoms with van der Waals surface area (Å²) >= 11 is 11.9. The summed E-state index contributed by atoms with van der Waals surface area (Å²) in [4.78, 5) is 12.3. The van der Waals surface area contributed by atoms with Crippen LogP contribution in [-0.2, 0) is 10.0 Å². The lowest BCUT2D eigenvalue weighted by Gasteiger charge is -2.14. The highest BCUT2D eigenvalue weighted by molar-refractivity contribution is 7.89. The molecule has 1 aromatic heterocycles. The number of benzene rings is 1. The molecular weight excluding hydrogens is 455 g/mol. The molecule has 8 nitrogen and oxygen atoms in total. The Balaban J connectivity index is 1.56. The van der Waals surface area contributed by atoms with Crippen LogP contribution in [0.3, 0.4) is 0 Å². The molecule has 1 aromatic carbocycles. The Bertz CT molecular complexity index is 1020. The van der Waals surface area contributed by atoms with E-state index < -0.39 is 22.0 Å². The van der Waals surface area contributed by atoms with Crippen molar-refractivity contribution in [3.05, 3.63) is 45.8 Å². The Morgan fingerprint density at radius 2 is 2.03 bits per heavy atom. The van der Waals surface area contributed by atoms with E-state index in [0.717, 1.165) is 12.8 Å². The predicted octanol–water partition coefficient (Wildman–Crippen LogP) is 2.85. The molecule has 1 aliphatic heterocycles. The summed E-state index contributed by atoms with van der Waals surface area (Å²) in [5, 5.41) is 13.1. The Morgan fingerprint density at radius 3 is 2.73 bits per heavy atom. The number of rotatable bonds is 8. The molecular formula is C19H22Cl2N2O6S. The number of nitrogens with zero attached hydrogens (tertiary/aromatic N) is 1. The van der Waals surface area contributed by atoms with E-state index in [1.807, 2.05) is 0 Å². The van der Waals surface area contributed by atoms with Crippen molar-refractivity contribution in [3.8, 4) is 5.75 Å². The van der Waals surface area contributed by atoms with Gasteiger partial charge in [-0.1, -0.05) is 29.3 Å². The minimum absolute atomic E-state index is 0.0194. The van der Waals surface area contributed by atoms with Crippen molar-refractivity contribution in [2.24, 2.45) is 0 Å². The Morgan fingerprint density at radius 1 is 1.33 bits per heavy atom. The third kappa shape index (κ3) is 5.09. The van der Waals surface area contributed by atoms with Gasteiger partial charge in [-0.2, -0.15) is 4.31 Å². The molecule has 0 bridgehead atoms. The summed E-state index contributed by atoms with van der Waals surface area (Å²) in [7, 11) is -3.69. The number of halogens is 2. The summed E-state index contributed by atoms with van der Waals surface area (Å²) in [5.74, 6) is -0.323. The molecule has 1 saturated heterocycles. The molecule has 164 valence electrons. The topological polar surface area (TPSA) is 109 Å². The Labute approximate surface area is 184 Å². The standard InChI is InChI=1S/C19H22Cl2N2O6S/c1-12-17(30(26,27)23-7-2-3-8-23)9-16(29-12)19(25)22-10-13(24)11-28-15-6-4-5-14(20)18(15)21/h4-6,9,13,24H,2-3,7-8,10-11H2,1H3,(H,22,25). The molecule has 3 rings (SSSR count). The summed E-state index contributed by atoms with van der Waals surface area (Å²) < 4.78 is 37.5. The molecule has 0 radical (unpaired) electrons. The molecule has 1 fully saturated rings. The lowest BCUT2D eigenvalue weighted by Crippen LogP contribution is -2.35. The first-order valence-electron chi connectivity index (χ1n) is 9.34. The average Bonchev–Trinajstić information content (AvgIpc) is 3.38. The number of furan rings is 1. The second-order valence-electron chi connectivity index (χ2n) is 6.87. The summed E-state index contributed by atoms with van der Waals surface area (Å²) in [5.41, 5.74) is 0. The number of amides is 1. The first-order chi connectivity index (χ1) is 14.2. The lowest BCUT2D eigenvalue weighted by molar-refractivity contribution is 0.0821. The summed E-state index contributed by atoms with van der Waals surface area (Å²) in [6.45, 7) is 2.14. The highest BCUT2D eigenvalue weighted by atomic mass is 35.5. The fourth-order valence-corrected chi connectivity index (χ4v) is 5.06. The van der Waals surface area contributed by atoms with Gasteiger partial charge in [0.05, 0.1) is 5.02 Å². The van der Waals surface area contributed by atoms with E-state index in [1.54, 1.807) is 18.2 Å². The monoisotopic (exact) mass is 476 g/mol. The fourth-order valence-electron chi connectivity index (χ4n) is 3.04. The van der Waals surface area contributed by atoms with Crippen molar-refractivity contribution in [1.29, 1.82) is 0 Å². The quantitative estimate of drug-likeness (QED) is 0.605. The van der Waals surface area contributed by atoms with Gasteiger partial charge in [0.15, 0.2) is 5.76 Å². The van der Waals surface area contributed by atoms with Crippen LogP contribution in [0.25, 0.3) is 0 Å². The number of hydrogen-bond donors (Lipinski definition) is 2. The second kappa shape index (κ2) is 9.57. The van der Waals surface area contributed by atoms with Gasteiger partial charge in [0, 0.05) is 25.7 Å². The fraction of sp³-hybridized carbons (Fsp3) is 0.421. The largest absolute Gasteiger partial charge is 0.489 e. The average molecular weight is 477 g/mol. The van der Waals surface area contributed by atoms with E-state index in [1.165, 1.54) is 17.3 Å². The number of sulfonamides is 1. The van der Waals surface area contributed by atoms with Crippen molar-refractivity contribution in [1.82, 2.24) is 9.62 Å². The summed E-state index contributed by atoms with van der Waals surface area (Å²) in [6, 6.07) is 6.09. The van der Waals surface area contributed by atoms with Crippen LogP contribution >= 0.6 is 23.2 Å². The number of carbonyl (C=O) groups is 1. The van der Waals surface area contributed by atoms with Gasteiger partial charge in [-0.25, -0.2) is 8.42 Å². The van der Waals surface area contributed by atoms with Crippen LogP contribution in [-0.4, -0.2) is 56.1 Å². The van der Waals surface area contributed by atoms with Crippen molar-refractivity contribution in [2.45, 2.75) is 30.8 Å². The molecule has 30 heavy (non-hydrogen) atoms. The lowest BCUT2D eigenvalue weighted by atomic mass is 10.3. The zero-order valence-corrected chi connectivity index (χ0v) is 18.6. The third-order valence-electron chi connectivity index (χ3n) is 4.62. The number of aliphatic hydroxyl groups excluding tert-OH is 1. The molecule has 1 aliphatic rings. The van der Waals surface area contributed by atoms with Gasteiger partial charge >= 0.3 is 0 Å². The normalized spacial score (nSPS) is 15.9. The molecule has 2 aromatic rings. The number of hydrogen-bond acceptors (Lipinski definition) is 6. The number of aliphatic hydroxyl groups is 1. The maximum atomic E-state index is 12.7. The van der Waals surface area contributed by atoms with Crippen molar-refractivity contribution < 1.29 is 27.5 Å². The molecule has 11 heteroatoms. The first kappa shape index (κ1) is 22.9. The Kier molecular flexibility index (Phi) is 7.30. The van der Waals surface area contributed by atoms with E-state index in [0.29, 0.717) is 23.9 Å².